The summed E-state index contributed by atoms with van der Waals surface area (Å²) in [7, 11) is 0. The van der Waals surface area contributed by atoms with Gasteiger partial charge in [-0.05, 0) is 24.6 Å². The largest absolute Gasteiger partial charge is 0.485 e. The zero-order chi connectivity index (χ0) is 24.2. The van der Waals surface area contributed by atoms with Crippen LogP contribution in [-0.2, 0) is 16.0 Å². The molecule has 0 fully saturated rings. The number of amides is 2. The Morgan fingerprint density at radius 3 is 2.40 bits per heavy atom. The number of nitrogens with one attached hydrogen (secondary N) is 2. The molecule has 8 heteroatoms. The molecular formula is C27H23N3O4S. The monoisotopic (exact) mass is 485 g/mol. The Bertz CT molecular complexity index is 1350. The van der Waals surface area contributed by atoms with Crippen LogP contribution >= 0.6 is 11.3 Å². The van der Waals surface area contributed by atoms with Crippen LogP contribution in [-0.4, -0.2) is 29.5 Å². The topological polar surface area (TPSA) is 89.6 Å². The highest BCUT2D eigenvalue weighted by atomic mass is 32.1. The summed E-state index contributed by atoms with van der Waals surface area (Å²) in [5.41, 5.74) is 8.70. The van der Waals surface area contributed by atoms with E-state index in [1.165, 1.54) is 11.3 Å². The molecule has 2 N–H and O–H groups in total. The van der Waals surface area contributed by atoms with Gasteiger partial charge < -0.3 is 9.47 Å². The SMILES string of the molecule is Cc1ccc(-c2sc(-c3ccccc3)nc2CC(=O)NNC(=O)[C@@H]2COc3ccccc3O2)cc1. The minimum absolute atomic E-state index is 0.0116. The number of carbonyl (C=O) groups excluding carboxylic acids is 2. The number of fused-ring (bicyclic) bond motifs is 1. The summed E-state index contributed by atoms with van der Waals surface area (Å²) in [4.78, 5) is 31.0. The maximum Gasteiger partial charge on any atom is 0.283 e. The molecule has 0 saturated carbocycles. The fourth-order valence-corrected chi connectivity index (χ4v) is 4.76. The minimum atomic E-state index is -0.864. The summed E-state index contributed by atoms with van der Waals surface area (Å²) < 4.78 is 11.3. The van der Waals surface area contributed by atoms with Gasteiger partial charge in [-0.25, -0.2) is 4.98 Å². The van der Waals surface area contributed by atoms with E-state index in [2.05, 4.69) is 10.9 Å². The van der Waals surface area contributed by atoms with E-state index in [0.717, 1.165) is 26.6 Å². The quantitative estimate of drug-likeness (QED) is 0.411. The van der Waals surface area contributed by atoms with Crippen molar-refractivity contribution in [3.05, 3.63) is 90.1 Å². The number of aromatic nitrogens is 1. The Balaban J connectivity index is 1.28. The van der Waals surface area contributed by atoms with Crippen LogP contribution in [0.5, 0.6) is 11.5 Å². The lowest BCUT2D eigenvalue weighted by atomic mass is 10.1. The smallest absolute Gasteiger partial charge is 0.283 e. The maximum absolute atomic E-state index is 12.7. The normalized spacial score (nSPS) is 14.3. The van der Waals surface area contributed by atoms with E-state index in [1.54, 1.807) is 18.2 Å². The summed E-state index contributed by atoms with van der Waals surface area (Å²) >= 11 is 1.54. The Morgan fingerprint density at radius 2 is 1.63 bits per heavy atom. The third-order valence-corrected chi connectivity index (χ3v) is 6.68. The fourth-order valence-electron chi connectivity index (χ4n) is 3.66. The zero-order valence-corrected chi connectivity index (χ0v) is 19.8. The van der Waals surface area contributed by atoms with Crippen LogP contribution < -0.4 is 20.3 Å². The zero-order valence-electron chi connectivity index (χ0n) is 19.0. The van der Waals surface area contributed by atoms with Crippen molar-refractivity contribution in [2.45, 2.75) is 19.4 Å². The number of hydrogen-bond acceptors (Lipinski definition) is 6. The predicted molar refractivity (Wildman–Crippen MR) is 134 cm³/mol. The Hall–Kier alpha value is -4.17. The standard InChI is InChI=1S/C27H23N3O4S/c1-17-11-13-18(14-12-17)25-20(28-27(35-25)19-7-3-2-4-8-19)15-24(31)29-30-26(32)23-16-33-21-9-5-6-10-22(21)34-23/h2-14,23H,15-16H2,1H3,(H,29,31)(H,30,32)/t23-/m0/s1. The van der Waals surface area contributed by atoms with E-state index in [-0.39, 0.29) is 18.9 Å². The lowest BCUT2D eigenvalue weighted by molar-refractivity contribution is -0.134. The number of hydrazine groups is 1. The van der Waals surface area contributed by atoms with Crippen molar-refractivity contribution in [2.75, 3.05) is 6.61 Å². The molecular weight excluding hydrogens is 462 g/mol. The summed E-state index contributed by atoms with van der Waals surface area (Å²) in [5, 5.41) is 0.833. The van der Waals surface area contributed by atoms with E-state index >= 15 is 0 Å². The van der Waals surface area contributed by atoms with Gasteiger partial charge in [-0.1, -0.05) is 72.3 Å². The lowest BCUT2D eigenvalue weighted by Gasteiger charge is -2.25. The number of nitrogens with zero attached hydrogens (tertiary/aromatic N) is 1. The van der Waals surface area contributed by atoms with Gasteiger partial charge in [-0.2, -0.15) is 0 Å². The number of aryl methyl sites for hydroxylation is 1. The average Bonchev–Trinajstić information content (AvgIpc) is 3.31. The molecule has 176 valence electrons. The van der Waals surface area contributed by atoms with Crippen molar-refractivity contribution in [2.24, 2.45) is 0 Å². The van der Waals surface area contributed by atoms with Crippen LogP contribution in [0.15, 0.2) is 78.9 Å². The van der Waals surface area contributed by atoms with Gasteiger partial charge in [-0.3, -0.25) is 20.4 Å². The van der Waals surface area contributed by atoms with Crippen LogP contribution in [0.25, 0.3) is 21.0 Å². The fraction of sp³-hybridized carbons (Fsp3) is 0.148. The lowest BCUT2D eigenvalue weighted by Crippen LogP contribution is -2.51. The molecule has 0 bridgehead atoms. The van der Waals surface area contributed by atoms with Crippen molar-refractivity contribution in [3.8, 4) is 32.5 Å². The molecule has 1 atom stereocenters. The number of ether oxygens (including phenoxy) is 2. The van der Waals surface area contributed by atoms with E-state index in [1.807, 2.05) is 67.6 Å². The molecule has 2 heterocycles. The molecule has 35 heavy (non-hydrogen) atoms. The number of thiazole rings is 1. The molecule has 0 radical (unpaired) electrons. The van der Waals surface area contributed by atoms with Gasteiger partial charge in [0.15, 0.2) is 11.5 Å². The number of para-hydroxylation sites is 2. The molecule has 5 rings (SSSR count). The highest BCUT2D eigenvalue weighted by molar-refractivity contribution is 7.18. The molecule has 1 aliphatic heterocycles. The minimum Gasteiger partial charge on any atom is -0.485 e. The van der Waals surface area contributed by atoms with Crippen molar-refractivity contribution in [1.82, 2.24) is 15.8 Å². The van der Waals surface area contributed by atoms with E-state index in [4.69, 9.17) is 14.5 Å². The van der Waals surface area contributed by atoms with Crippen molar-refractivity contribution >= 4 is 23.2 Å². The first-order valence-corrected chi connectivity index (χ1v) is 12.0. The Morgan fingerprint density at radius 1 is 0.914 bits per heavy atom. The molecule has 0 saturated heterocycles. The molecule has 2 amide bonds. The molecule has 7 nitrogen and oxygen atoms in total. The van der Waals surface area contributed by atoms with Gasteiger partial charge in [0.1, 0.15) is 11.6 Å². The first-order chi connectivity index (χ1) is 17.1. The highest BCUT2D eigenvalue weighted by Gasteiger charge is 2.27. The van der Waals surface area contributed by atoms with E-state index in [9.17, 15) is 9.59 Å². The Labute approximate surface area is 206 Å². The first-order valence-electron chi connectivity index (χ1n) is 11.2. The highest BCUT2D eigenvalue weighted by Crippen LogP contribution is 2.36. The maximum atomic E-state index is 12.7. The summed E-state index contributed by atoms with van der Waals surface area (Å²) in [5.74, 6) is 0.203. The average molecular weight is 486 g/mol. The third kappa shape index (κ3) is 5.17. The number of benzene rings is 3. The first kappa shape index (κ1) is 22.6. The molecule has 1 aromatic heterocycles. The van der Waals surface area contributed by atoms with Gasteiger partial charge in [0, 0.05) is 5.56 Å². The molecule has 4 aromatic rings. The number of carbonyl (C=O) groups is 2. The van der Waals surface area contributed by atoms with Crippen molar-refractivity contribution < 1.29 is 19.1 Å². The van der Waals surface area contributed by atoms with Gasteiger partial charge in [0.2, 0.25) is 12.0 Å². The summed E-state index contributed by atoms with van der Waals surface area (Å²) in [6.07, 6.45) is -0.852. The van der Waals surface area contributed by atoms with Crippen LogP contribution in [0.1, 0.15) is 11.3 Å². The second-order valence-electron chi connectivity index (χ2n) is 8.11. The van der Waals surface area contributed by atoms with E-state index in [0.29, 0.717) is 17.2 Å². The molecule has 0 aliphatic carbocycles. The molecule has 0 unspecified atom stereocenters. The molecule has 3 aromatic carbocycles. The predicted octanol–water partition coefficient (Wildman–Crippen LogP) is 4.32. The van der Waals surface area contributed by atoms with Gasteiger partial charge in [0.05, 0.1) is 17.0 Å². The second kappa shape index (κ2) is 9.99. The van der Waals surface area contributed by atoms with Crippen LogP contribution in [0.3, 0.4) is 0 Å². The van der Waals surface area contributed by atoms with E-state index < -0.39 is 12.0 Å². The van der Waals surface area contributed by atoms with Crippen molar-refractivity contribution in [1.29, 1.82) is 0 Å². The van der Waals surface area contributed by atoms with Crippen molar-refractivity contribution in [3.63, 3.8) is 0 Å². The van der Waals surface area contributed by atoms with Crippen LogP contribution in [0, 0.1) is 6.92 Å². The van der Waals surface area contributed by atoms with Gasteiger partial charge in [-0.15, -0.1) is 11.3 Å². The van der Waals surface area contributed by atoms with Crippen LogP contribution in [0.4, 0.5) is 0 Å². The summed E-state index contributed by atoms with van der Waals surface area (Å²) in [6, 6.07) is 25.1. The van der Waals surface area contributed by atoms with Gasteiger partial charge in [0.25, 0.3) is 5.91 Å². The third-order valence-electron chi connectivity index (χ3n) is 5.49. The number of rotatable bonds is 5. The van der Waals surface area contributed by atoms with Crippen LogP contribution in [0.2, 0.25) is 0 Å². The molecule has 0 spiro atoms. The summed E-state index contributed by atoms with van der Waals surface area (Å²) in [6.45, 7) is 2.09. The van der Waals surface area contributed by atoms with Gasteiger partial charge >= 0.3 is 0 Å². The Kier molecular flexibility index (Phi) is 6.45. The number of hydrogen-bond donors (Lipinski definition) is 2. The molecule has 1 aliphatic rings. The second-order valence-corrected chi connectivity index (χ2v) is 9.10.